The molecule has 0 fully saturated rings. The summed E-state index contributed by atoms with van der Waals surface area (Å²) in [4.78, 5) is 11.8. The SMILES string of the molecule is O=C(CCOc1c(F)cc(F)cc1Br)c1ccccc1. The molecule has 20 heavy (non-hydrogen) atoms. The van der Waals surface area contributed by atoms with Crippen LogP contribution in [-0.4, -0.2) is 12.4 Å². The number of hydrogen-bond acceptors (Lipinski definition) is 2. The third-order valence-electron chi connectivity index (χ3n) is 2.63. The molecule has 0 heterocycles. The van der Waals surface area contributed by atoms with Crippen molar-refractivity contribution in [2.75, 3.05) is 6.61 Å². The summed E-state index contributed by atoms with van der Waals surface area (Å²) in [5.74, 6) is -1.68. The summed E-state index contributed by atoms with van der Waals surface area (Å²) >= 11 is 3.02. The van der Waals surface area contributed by atoms with E-state index in [2.05, 4.69) is 15.9 Å². The highest BCUT2D eigenvalue weighted by molar-refractivity contribution is 9.10. The molecule has 0 saturated heterocycles. The van der Waals surface area contributed by atoms with Gasteiger partial charge in [-0.3, -0.25) is 4.79 Å². The Balaban J connectivity index is 1.95. The highest BCUT2D eigenvalue weighted by atomic mass is 79.9. The van der Waals surface area contributed by atoms with Crippen LogP contribution in [0.5, 0.6) is 5.75 Å². The summed E-state index contributed by atoms with van der Waals surface area (Å²) in [7, 11) is 0. The van der Waals surface area contributed by atoms with Crippen molar-refractivity contribution in [2.24, 2.45) is 0 Å². The van der Waals surface area contributed by atoms with Gasteiger partial charge in [0, 0.05) is 18.1 Å². The molecule has 104 valence electrons. The number of benzene rings is 2. The van der Waals surface area contributed by atoms with Crippen LogP contribution in [-0.2, 0) is 0 Å². The van der Waals surface area contributed by atoms with Crippen molar-refractivity contribution in [3.8, 4) is 5.75 Å². The van der Waals surface area contributed by atoms with Crippen molar-refractivity contribution in [1.82, 2.24) is 0 Å². The van der Waals surface area contributed by atoms with Gasteiger partial charge in [0.2, 0.25) is 0 Å². The van der Waals surface area contributed by atoms with Crippen molar-refractivity contribution in [3.05, 3.63) is 64.1 Å². The molecular weight excluding hydrogens is 330 g/mol. The quantitative estimate of drug-likeness (QED) is 0.755. The Kier molecular flexibility index (Phi) is 4.84. The fourth-order valence-corrected chi connectivity index (χ4v) is 2.20. The molecule has 2 aromatic rings. The van der Waals surface area contributed by atoms with E-state index in [-0.39, 0.29) is 29.0 Å². The average Bonchev–Trinajstić information content (AvgIpc) is 2.42. The number of ether oxygens (including phenoxy) is 1. The van der Waals surface area contributed by atoms with E-state index in [1.807, 2.05) is 6.07 Å². The minimum atomic E-state index is -0.802. The smallest absolute Gasteiger partial charge is 0.169 e. The zero-order valence-corrected chi connectivity index (χ0v) is 12.0. The van der Waals surface area contributed by atoms with E-state index >= 15 is 0 Å². The fourth-order valence-electron chi connectivity index (χ4n) is 1.68. The number of carbonyl (C=O) groups is 1. The maximum atomic E-state index is 13.5. The second-order valence-electron chi connectivity index (χ2n) is 4.09. The van der Waals surface area contributed by atoms with E-state index in [1.165, 1.54) is 0 Å². The molecule has 0 aliphatic heterocycles. The Morgan fingerprint density at radius 3 is 2.50 bits per heavy atom. The molecule has 0 radical (unpaired) electrons. The first-order valence-corrected chi connectivity index (χ1v) is 6.73. The first-order valence-electron chi connectivity index (χ1n) is 5.93. The van der Waals surface area contributed by atoms with Crippen LogP contribution < -0.4 is 4.74 Å². The number of ketones is 1. The Labute approximate surface area is 123 Å². The minimum Gasteiger partial charge on any atom is -0.489 e. The predicted octanol–water partition coefficient (Wildman–Crippen LogP) is 4.38. The zero-order chi connectivity index (χ0) is 14.5. The number of hydrogen-bond donors (Lipinski definition) is 0. The summed E-state index contributed by atoms with van der Waals surface area (Å²) < 4.78 is 31.8. The zero-order valence-electron chi connectivity index (χ0n) is 10.4. The fraction of sp³-hybridized carbons (Fsp3) is 0.133. The van der Waals surface area contributed by atoms with E-state index in [0.717, 1.165) is 12.1 Å². The van der Waals surface area contributed by atoms with Crippen LogP contribution >= 0.6 is 15.9 Å². The molecule has 0 bridgehead atoms. The third kappa shape index (κ3) is 3.63. The number of carbonyl (C=O) groups excluding carboxylic acids is 1. The molecule has 2 nitrogen and oxygen atoms in total. The predicted molar refractivity (Wildman–Crippen MR) is 74.9 cm³/mol. The van der Waals surface area contributed by atoms with Gasteiger partial charge in [-0.2, -0.15) is 0 Å². The van der Waals surface area contributed by atoms with Gasteiger partial charge < -0.3 is 4.74 Å². The molecule has 0 spiro atoms. The summed E-state index contributed by atoms with van der Waals surface area (Å²) in [5, 5.41) is 0. The summed E-state index contributed by atoms with van der Waals surface area (Å²) in [6.45, 7) is 0.0227. The molecule has 2 aromatic carbocycles. The normalized spacial score (nSPS) is 10.3. The summed E-state index contributed by atoms with van der Waals surface area (Å²) in [6.07, 6.45) is 0.118. The number of halogens is 3. The number of Topliss-reactive ketones (excluding diaryl/α,β-unsaturated/α-hetero) is 1. The Morgan fingerprint density at radius 1 is 1.15 bits per heavy atom. The van der Waals surface area contributed by atoms with Gasteiger partial charge in [-0.1, -0.05) is 30.3 Å². The second kappa shape index (κ2) is 6.61. The van der Waals surface area contributed by atoms with E-state index < -0.39 is 11.6 Å². The summed E-state index contributed by atoms with van der Waals surface area (Å²) in [5.41, 5.74) is 0.578. The van der Waals surface area contributed by atoms with Crippen molar-refractivity contribution in [1.29, 1.82) is 0 Å². The Bertz CT molecular complexity index is 592. The van der Waals surface area contributed by atoms with E-state index in [4.69, 9.17) is 4.74 Å². The van der Waals surface area contributed by atoms with Crippen LogP contribution in [0.4, 0.5) is 8.78 Å². The lowest BCUT2D eigenvalue weighted by Crippen LogP contribution is -2.07. The molecule has 2 rings (SSSR count). The van der Waals surface area contributed by atoms with Crippen molar-refractivity contribution < 1.29 is 18.3 Å². The maximum Gasteiger partial charge on any atom is 0.169 e. The topological polar surface area (TPSA) is 26.3 Å². The highest BCUT2D eigenvalue weighted by Crippen LogP contribution is 2.29. The lowest BCUT2D eigenvalue weighted by molar-refractivity contribution is 0.0960. The molecule has 0 saturated carbocycles. The molecule has 5 heteroatoms. The second-order valence-corrected chi connectivity index (χ2v) is 4.94. The van der Waals surface area contributed by atoms with Crippen molar-refractivity contribution >= 4 is 21.7 Å². The van der Waals surface area contributed by atoms with Gasteiger partial charge in [0.25, 0.3) is 0 Å². The summed E-state index contributed by atoms with van der Waals surface area (Å²) in [6, 6.07) is 10.6. The van der Waals surface area contributed by atoms with Gasteiger partial charge in [0.15, 0.2) is 17.3 Å². The monoisotopic (exact) mass is 340 g/mol. The molecule has 0 aliphatic carbocycles. The average molecular weight is 341 g/mol. The van der Waals surface area contributed by atoms with E-state index in [1.54, 1.807) is 24.3 Å². The van der Waals surface area contributed by atoms with Crippen molar-refractivity contribution in [2.45, 2.75) is 6.42 Å². The molecule has 0 N–H and O–H groups in total. The van der Waals surface area contributed by atoms with Crippen LogP contribution in [0.25, 0.3) is 0 Å². The van der Waals surface area contributed by atoms with E-state index in [0.29, 0.717) is 5.56 Å². The van der Waals surface area contributed by atoms with Gasteiger partial charge in [0.1, 0.15) is 5.82 Å². The third-order valence-corrected chi connectivity index (χ3v) is 3.22. The molecule has 0 amide bonds. The van der Waals surface area contributed by atoms with Crippen LogP contribution in [0, 0.1) is 11.6 Å². The van der Waals surface area contributed by atoms with Crippen LogP contribution in [0.3, 0.4) is 0 Å². The van der Waals surface area contributed by atoms with Gasteiger partial charge in [-0.05, 0) is 22.0 Å². The first kappa shape index (κ1) is 14.7. The standard InChI is InChI=1S/C15H11BrF2O2/c16-12-8-11(17)9-13(18)15(12)20-7-6-14(19)10-4-2-1-3-5-10/h1-5,8-9H,6-7H2. The number of rotatable bonds is 5. The molecule has 0 atom stereocenters. The van der Waals surface area contributed by atoms with Crippen LogP contribution in [0.2, 0.25) is 0 Å². The van der Waals surface area contributed by atoms with Crippen LogP contribution in [0.15, 0.2) is 46.9 Å². The van der Waals surface area contributed by atoms with Gasteiger partial charge in [-0.15, -0.1) is 0 Å². The molecule has 0 aliphatic rings. The minimum absolute atomic E-state index is 0.0227. The Hall–Kier alpha value is -1.75. The van der Waals surface area contributed by atoms with Gasteiger partial charge in [0.05, 0.1) is 11.1 Å². The molecular formula is C15H11BrF2O2. The lowest BCUT2D eigenvalue weighted by Gasteiger charge is -2.09. The maximum absolute atomic E-state index is 13.5. The highest BCUT2D eigenvalue weighted by Gasteiger charge is 2.12. The Morgan fingerprint density at radius 2 is 1.85 bits per heavy atom. The van der Waals surface area contributed by atoms with E-state index in [9.17, 15) is 13.6 Å². The largest absolute Gasteiger partial charge is 0.489 e. The lowest BCUT2D eigenvalue weighted by atomic mass is 10.1. The molecule has 0 unspecified atom stereocenters. The van der Waals surface area contributed by atoms with Gasteiger partial charge in [-0.25, -0.2) is 8.78 Å². The van der Waals surface area contributed by atoms with Crippen molar-refractivity contribution in [3.63, 3.8) is 0 Å². The molecule has 0 aromatic heterocycles. The first-order chi connectivity index (χ1) is 9.58. The van der Waals surface area contributed by atoms with Gasteiger partial charge >= 0.3 is 0 Å². The van der Waals surface area contributed by atoms with Crippen LogP contribution in [0.1, 0.15) is 16.8 Å².